The predicted molar refractivity (Wildman–Crippen MR) is 166 cm³/mol. The lowest BCUT2D eigenvalue weighted by atomic mass is 9.47. The van der Waals surface area contributed by atoms with Crippen molar-refractivity contribution in [3.05, 3.63) is 11.6 Å². The van der Waals surface area contributed by atoms with Gasteiger partial charge in [0, 0.05) is 12.8 Å². The minimum atomic E-state index is 0.0550. The molecule has 0 heterocycles. The highest BCUT2D eigenvalue weighted by atomic mass is 16.5. The Morgan fingerprint density at radius 1 is 0.897 bits per heavy atom. The van der Waals surface area contributed by atoms with E-state index in [1.54, 1.807) is 5.57 Å². The Labute approximate surface area is 242 Å². The lowest BCUT2D eigenvalue weighted by Gasteiger charge is -2.58. The fraction of sp³-hybridized carbons (Fsp3) is 0.919. The molecular weight excluding hydrogens is 476 g/mol. The quantitative estimate of drug-likeness (QED) is 0.124. The maximum absolute atomic E-state index is 12.6. The molecule has 3 saturated carbocycles. The molecule has 4 aliphatic carbocycles. The molecule has 0 saturated heterocycles. The van der Waals surface area contributed by atoms with E-state index in [0.717, 1.165) is 54.8 Å². The molecule has 4 rings (SSSR count). The lowest BCUT2D eigenvalue weighted by Crippen LogP contribution is -2.51. The molecule has 224 valence electrons. The van der Waals surface area contributed by atoms with Crippen LogP contribution in [0.15, 0.2) is 11.6 Å². The Morgan fingerprint density at radius 3 is 2.38 bits per heavy atom. The molecule has 0 radical (unpaired) electrons. The number of rotatable bonds is 14. The van der Waals surface area contributed by atoms with Crippen LogP contribution in [0.25, 0.3) is 0 Å². The summed E-state index contributed by atoms with van der Waals surface area (Å²) in [6, 6.07) is 0. The minimum Gasteiger partial charge on any atom is -0.462 e. The van der Waals surface area contributed by atoms with Gasteiger partial charge in [-0.2, -0.15) is 0 Å². The van der Waals surface area contributed by atoms with E-state index in [0.29, 0.717) is 17.3 Å². The zero-order chi connectivity index (χ0) is 28.0. The summed E-state index contributed by atoms with van der Waals surface area (Å²) in [6.07, 6.45) is 26.7. The molecule has 0 aromatic rings. The highest BCUT2D eigenvalue weighted by molar-refractivity contribution is 5.69. The molecule has 0 spiro atoms. The molecule has 0 aromatic carbocycles. The Hall–Kier alpha value is -0.790. The molecule has 0 amide bonds. The summed E-state index contributed by atoms with van der Waals surface area (Å²) in [6.45, 7) is 14.9. The fourth-order valence-electron chi connectivity index (χ4n) is 10.2. The van der Waals surface area contributed by atoms with Gasteiger partial charge in [-0.15, -0.1) is 0 Å². The van der Waals surface area contributed by atoms with Crippen molar-refractivity contribution in [2.75, 3.05) is 0 Å². The van der Waals surface area contributed by atoms with Crippen molar-refractivity contribution in [1.82, 2.24) is 0 Å². The number of carbonyl (C=O) groups excluding carboxylic acids is 1. The highest BCUT2D eigenvalue weighted by Gasteiger charge is 2.59. The second-order valence-corrected chi connectivity index (χ2v) is 15.5. The minimum absolute atomic E-state index is 0.0550. The van der Waals surface area contributed by atoms with Gasteiger partial charge in [-0.3, -0.25) is 4.79 Å². The van der Waals surface area contributed by atoms with Crippen LogP contribution in [-0.4, -0.2) is 12.1 Å². The summed E-state index contributed by atoms with van der Waals surface area (Å²) >= 11 is 0. The molecule has 0 aliphatic heterocycles. The van der Waals surface area contributed by atoms with Gasteiger partial charge in [0.1, 0.15) is 6.10 Å². The first-order valence-corrected chi connectivity index (χ1v) is 17.6. The fourth-order valence-corrected chi connectivity index (χ4v) is 10.2. The normalized spacial score (nSPS) is 36.6. The third-order valence-corrected chi connectivity index (χ3v) is 12.5. The van der Waals surface area contributed by atoms with Gasteiger partial charge in [0.25, 0.3) is 0 Å². The molecule has 8 atom stereocenters. The van der Waals surface area contributed by atoms with Crippen molar-refractivity contribution in [2.24, 2.45) is 46.3 Å². The summed E-state index contributed by atoms with van der Waals surface area (Å²) in [5.41, 5.74) is 2.54. The Morgan fingerprint density at radius 2 is 1.64 bits per heavy atom. The first-order chi connectivity index (χ1) is 18.7. The van der Waals surface area contributed by atoms with Crippen LogP contribution in [0.2, 0.25) is 0 Å². The number of fused-ring (bicyclic) bond motifs is 5. The van der Waals surface area contributed by atoms with Gasteiger partial charge in [0.2, 0.25) is 0 Å². The summed E-state index contributed by atoms with van der Waals surface area (Å²) in [4.78, 5) is 12.6. The van der Waals surface area contributed by atoms with Crippen LogP contribution in [0, 0.1) is 46.3 Å². The van der Waals surface area contributed by atoms with E-state index in [-0.39, 0.29) is 12.1 Å². The van der Waals surface area contributed by atoms with Crippen LogP contribution in [0.4, 0.5) is 0 Å². The van der Waals surface area contributed by atoms with Crippen molar-refractivity contribution in [1.29, 1.82) is 0 Å². The zero-order valence-electron chi connectivity index (χ0n) is 26.9. The maximum Gasteiger partial charge on any atom is 0.306 e. The van der Waals surface area contributed by atoms with E-state index in [1.807, 2.05) is 0 Å². The Bertz CT molecular complexity index is 812. The van der Waals surface area contributed by atoms with E-state index in [9.17, 15) is 4.79 Å². The number of allylic oxidation sites excluding steroid dienone is 1. The molecule has 39 heavy (non-hydrogen) atoms. The summed E-state index contributed by atoms with van der Waals surface area (Å²) in [5.74, 6) is 5.34. The monoisotopic (exact) mass is 540 g/mol. The standard InChI is InChI=1S/C37H64O2/c1-7-8-9-10-11-12-13-17-35(38)39-30-22-24-36(5)29(26-30)18-19-31-33-21-20-32(28(4)16-14-15-27(2)3)37(33,6)25-23-34(31)36/h18,27-28,30-34H,7-17,19-26H2,1-6H3/t28-,30-,31+,32-,33+,34+,36-,37-/m0/s1. The van der Waals surface area contributed by atoms with Crippen LogP contribution in [-0.2, 0) is 9.53 Å². The van der Waals surface area contributed by atoms with E-state index in [1.165, 1.54) is 96.3 Å². The molecule has 4 aliphatic rings. The van der Waals surface area contributed by atoms with E-state index in [2.05, 4.69) is 47.6 Å². The number of hydrogen-bond donors (Lipinski definition) is 0. The highest BCUT2D eigenvalue weighted by Crippen LogP contribution is 2.67. The van der Waals surface area contributed by atoms with Crippen LogP contribution in [0.3, 0.4) is 0 Å². The topological polar surface area (TPSA) is 26.3 Å². The summed E-state index contributed by atoms with van der Waals surface area (Å²) in [5, 5.41) is 0. The van der Waals surface area contributed by atoms with Gasteiger partial charge < -0.3 is 4.74 Å². The van der Waals surface area contributed by atoms with Crippen LogP contribution in [0.1, 0.15) is 164 Å². The third-order valence-electron chi connectivity index (χ3n) is 12.5. The van der Waals surface area contributed by atoms with Gasteiger partial charge in [0.15, 0.2) is 0 Å². The second-order valence-electron chi connectivity index (χ2n) is 15.5. The van der Waals surface area contributed by atoms with E-state index >= 15 is 0 Å². The largest absolute Gasteiger partial charge is 0.462 e. The maximum atomic E-state index is 12.6. The van der Waals surface area contributed by atoms with Gasteiger partial charge >= 0.3 is 5.97 Å². The molecule has 0 bridgehead atoms. The number of unbranched alkanes of at least 4 members (excludes halogenated alkanes) is 6. The average molecular weight is 541 g/mol. The first kappa shape index (κ1) is 31.2. The summed E-state index contributed by atoms with van der Waals surface area (Å²) < 4.78 is 6.06. The molecule has 0 N–H and O–H groups in total. The Balaban J connectivity index is 1.29. The Kier molecular flexibility index (Phi) is 11.1. The van der Waals surface area contributed by atoms with Crippen molar-refractivity contribution in [3.63, 3.8) is 0 Å². The molecular formula is C37H64O2. The lowest BCUT2D eigenvalue weighted by molar-refractivity contribution is -0.151. The molecule has 3 fully saturated rings. The number of esters is 1. The second kappa shape index (κ2) is 13.9. The van der Waals surface area contributed by atoms with Gasteiger partial charge in [-0.1, -0.05) is 111 Å². The molecule has 0 unspecified atom stereocenters. The van der Waals surface area contributed by atoms with E-state index < -0.39 is 0 Å². The SMILES string of the molecule is CCCCCCCCCC(=O)O[C@H]1CC[C@@]2(C)C(=CC[C@@H]3[C@H]4CC[C@@H]([C@@H](C)CCCC(C)C)[C@]4(C)CC[C@H]32)C1. The zero-order valence-corrected chi connectivity index (χ0v) is 26.9. The van der Waals surface area contributed by atoms with E-state index in [4.69, 9.17) is 4.74 Å². The number of hydrogen-bond acceptors (Lipinski definition) is 2. The van der Waals surface area contributed by atoms with Crippen LogP contribution in [0.5, 0.6) is 0 Å². The predicted octanol–water partition coefficient (Wildman–Crippen LogP) is 11.1. The van der Waals surface area contributed by atoms with Gasteiger partial charge in [-0.05, 0) is 97.7 Å². The molecule has 0 aromatic heterocycles. The van der Waals surface area contributed by atoms with Crippen LogP contribution < -0.4 is 0 Å². The number of carbonyl (C=O) groups is 1. The summed E-state index contributed by atoms with van der Waals surface area (Å²) in [7, 11) is 0. The first-order valence-electron chi connectivity index (χ1n) is 17.6. The van der Waals surface area contributed by atoms with Gasteiger partial charge in [-0.25, -0.2) is 0 Å². The van der Waals surface area contributed by atoms with Crippen LogP contribution >= 0.6 is 0 Å². The molecule has 2 nitrogen and oxygen atoms in total. The van der Waals surface area contributed by atoms with Crippen molar-refractivity contribution in [2.45, 2.75) is 170 Å². The van der Waals surface area contributed by atoms with Gasteiger partial charge in [0.05, 0.1) is 0 Å². The third kappa shape index (κ3) is 7.17. The van der Waals surface area contributed by atoms with Crippen molar-refractivity contribution in [3.8, 4) is 0 Å². The number of ether oxygens (including phenoxy) is 1. The average Bonchev–Trinajstić information content (AvgIpc) is 3.25. The van der Waals surface area contributed by atoms with Crippen molar-refractivity contribution < 1.29 is 9.53 Å². The molecule has 2 heteroatoms. The van der Waals surface area contributed by atoms with Crippen molar-refractivity contribution >= 4 is 5.97 Å². The smallest absolute Gasteiger partial charge is 0.306 e.